The van der Waals surface area contributed by atoms with Crippen molar-refractivity contribution in [1.82, 2.24) is 9.55 Å². The highest BCUT2D eigenvalue weighted by Crippen LogP contribution is 2.06. The number of aryl methyl sites for hydroxylation is 2. The number of hydrogen-bond donors (Lipinski definition) is 0. The fraction of sp³-hybridized carbons (Fsp3) is 0.500. The van der Waals surface area contributed by atoms with Gasteiger partial charge in [0.25, 0.3) is 0 Å². The molecule has 0 saturated carbocycles. The predicted octanol–water partition coefficient (Wildman–Crippen LogP) is 1.86. The number of nitrogens with zero attached hydrogens (tertiary/aromatic N) is 2. The lowest BCUT2D eigenvalue weighted by Gasteiger charge is -1.95. The molecule has 0 N–H and O–H groups in total. The first-order chi connectivity index (χ1) is 4.24. The van der Waals surface area contributed by atoms with Gasteiger partial charge in [0, 0.05) is 12.7 Å². The van der Waals surface area contributed by atoms with Crippen LogP contribution >= 0.6 is 11.6 Å². The van der Waals surface area contributed by atoms with Crippen molar-refractivity contribution in [2.75, 3.05) is 0 Å². The molecule has 0 aliphatic heterocycles. The molecular formula is C6H9ClN2. The van der Waals surface area contributed by atoms with Crippen molar-refractivity contribution in [2.45, 2.75) is 20.4 Å². The molecule has 0 saturated heterocycles. The highest BCUT2D eigenvalue weighted by atomic mass is 35.5. The molecule has 50 valence electrons. The zero-order valence-electron chi connectivity index (χ0n) is 5.56. The lowest BCUT2D eigenvalue weighted by Crippen LogP contribution is -1.93. The fourth-order valence-electron chi connectivity index (χ4n) is 0.790. The van der Waals surface area contributed by atoms with Gasteiger partial charge in [-0.05, 0) is 13.8 Å². The Kier molecular flexibility index (Phi) is 1.76. The second-order valence-electron chi connectivity index (χ2n) is 1.90. The molecule has 0 spiro atoms. The molecule has 1 rings (SSSR count). The van der Waals surface area contributed by atoms with Gasteiger partial charge in [0.05, 0.1) is 0 Å². The molecule has 0 amide bonds. The first kappa shape index (κ1) is 6.62. The van der Waals surface area contributed by atoms with Crippen LogP contribution in [0.25, 0.3) is 0 Å². The summed E-state index contributed by atoms with van der Waals surface area (Å²) < 4.78 is 2.00. The zero-order chi connectivity index (χ0) is 6.85. The van der Waals surface area contributed by atoms with Crippen LogP contribution in [0.3, 0.4) is 0 Å². The second-order valence-corrected chi connectivity index (χ2v) is 2.28. The van der Waals surface area contributed by atoms with E-state index < -0.39 is 0 Å². The first-order valence-electron chi connectivity index (χ1n) is 2.93. The molecule has 1 aromatic heterocycles. The number of halogens is 1. The Morgan fingerprint density at radius 2 is 2.44 bits per heavy atom. The third-order valence-corrected chi connectivity index (χ3v) is 1.47. The van der Waals surface area contributed by atoms with Gasteiger partial charge in [0.15, 0.2) is 0 Å². The molecule has 1 heterocycles. The lowest BCUT2D eigenvalue weighted by molar-refractivity contribution is 0.730. The molecule has 0 atom stereocenters. The average molecular weight is 145 g/mol. The van der Waals surface area contributed by atoms with Crippen molar-refractivity contribution in [2.24, 2.45) is 0 Å². The van der Waals surface area contributed by atoms with Gasteiger partial charge in [-0.25, -0.2) is 4.98 Å². The van der Waals surface area contributed by atoms with Crippen molar-refractivity contribution >= 4 is 11.6 Å². The number of imidazole rings is 1. The summed E-state index contributed by atoms with van der Waals surface area (Å²) in [5, 5.41) is 0.578. The molecule has 0 radical (unpaired) electrons. The van der Waals surface area contributed by atoms with Crippen LogP contribution in [-0.4, -0.2) is 9.55 Å². The van der Waals surface area contributed by atoms with E-state index >= 15 is 0 Å². The van der Waals surface area contributed by atoms with Gasteiger partial charge in [0.1, 0.15) is 11.0 Å². The van der Waals surface area contributed by atoms with Crippen LogP contribution in [0.1, 0.15) is 12.7 Å². The van der Waals surface area contributed by atoms with Crippen molar-refractivity contribution in [1.29, 1.82) is 0 Å². The summed E-state index contributed by atoms with van der Waals surface area (Å²) in [6, 6.07) is 0. The van der Waals surface area contributed by atoms with E-state index in [1.807, 2.05) is 17.7 Å². The molecular weight excluding hydrogens is 136 g/mol. The van der Waals surface area contributed by atoms with Gasteiger partial charge in [-0.2, -0.15) is 0 Å². The molecule has 0 aliphatic rings. The lowest BCUT2D eigenvalue weighted by atomic mass is 10.6. The molecule has 1 aromatic rings. The SMILES string of the molecule is CCn1cc(Cl)nc1C. The van der Waals surface area contributed by atoms with Crippen LogP contribution in [0.5, 0.6) is 0 Å². The van der Waals surface area contributed by atoms with Crippen LogP contribution in [0.2, 0.25) is 5.15 Å². The smallest absolute Gasteiger partial charge is 0.147 e. The van der Waals surface area contributed by atoms with E-state index in [0.717, 1.165) is 12.4 Å². The summed E-state index contributed by atoms with van der Waals surface area (Å²) in [7, 11) is 0. The Hall–Kier alpha value is -0.500. The summed E-state index contributed by atoms with van der Waals surface area (Å²) in [6.45, 7) is 4.94. The number of hydrogen-bond acceptors (Lipinski definition) is 1. The topological polar surface area (TPSA) is 17.8 Å². The van der Waals surface area contributed by atoms with Gasteiger partial charge in [0.2, 0.25) is 0 Å². The minimum Gasteiger partial charge on any atom is -0.334 e. The average Bonchev–Trinajstić information content (AvgIpc) is 2.10. The number of aromatic nitrogens is 2. The minimum absolute atomic E-state index is 0.578. The van der Waals surface area contributed by atoms with Crippen LogP contribution in [-0.2, 0) is 6.54 Å². The largest absolute Gasteiger partial charge is 0.334 e. The maximum Gasteiger partial charge on any atom is 0.147 e. The Morgan fingerprint density at radius 1 is 1.78 bits per heavy atom. The number of rotatable bonds is 1. The molecule has 0 unspecified atom stereocenters. The van der Waals surface area contributed by atoms with E-state index in [2.05, 4.69) is 11.9 Å². The molecule has 0 aromatic carbocycles. The monoisotopic (exact) mass is 144 g/mol. The van der Waals surface area contributed by atoms with Crippen molar-refractivity contribution in [3.05, 3.63) is 17.2 Å². The van der Waals surface area contributed by atoms with Crippen LogP contribution in [0.4, 0.5) is 0 Å². The Labute approximate surface area is 59.5 Å². The third kappa shape index (κ3) is 1.24. The Balaban J connectivity index is 3.01. The maximum absolute atomic E-state index is 5.61. The first-order valence-corrected chi connectivity index (χ1v) is 3.31. The highest BCUT2D eigenvalue weighted by Gasteiger charge is 1.96. The zero-order valence-corrected chi connectivity index (χ0v) is 6.31. The van der Waals surface area contributed by atoms with E-state index in [9.17, 15) is 0 Å². The molecule has 0 aliphatic carbocycles. The van der Waals surface area contributed by atoms with Gasteiger partial charge in [-0.1, -0.05) is 11.6 Å². The van der Waals surface area contributed by atoms with Gasteiger partial charge >= 0.3 is 0 Å². The van der Waals surface area contributed by atoms with Crippen LogP contribution < -0.4 is 0 Å². The van der Waals surface area contributed by atoms with Crippen LogP contribution in [0, 0.1) is 6.92 Å². The molecule has 9 heavy (non-hydrogen) atoms. The van der Waals surface area contributed by atoms with Gasteiger partial charge in [-0.15, -0.1) is 0 Å². The van der Waals surface area contributed by atoms with Gasteiger partial charge < -0.3 is 4.57 Å². The minimum atomic E-state index is 0.578. The molecule has 0 fully saturated rings. The molecule has 0 bridgehead atoms. The fourth-order valence-corrected chi connectivity index (χ4v) is 1.03. The van der Waals surface area contributed by atoms with Crippen molar-refractivity contribution < 1.29 is 0 Å². The van der Waals surface area contributed by atoms with E-state index in [0.29, 0.717) is 5.15 Å². The molecule has 3 heteroatoms. The quantitative estimate of drug-likeness (QED) is 0.589. The third-order valence-electron chi connectivity index (χ3n) is 1.29. The van der Waals surface area contributed by atoms with E-state index in [-0.39, 0.29) is 0 Å². The summed E-state index contributed by atoms with van der Waals surface area (Å²) in [4.78, 5) is 4.01. The Bertz CT molecular complexity index is 205. The van der Waals surface area contributed by atoms with E-state index in [4.69, 9.17) is 11.6 Å². The summed E-state index contributed by atoms with van der Waals surface area (Å²) in [6.07, 6.45) is 1.83. The normalized spacial score (nSPS) is 10.1. The van der Waals surface area contributed by atoms with Gasteiger partial charge in [-0.3, -0.25) is 0 Å². The van der Waals surface area contributed by atoms with E-state index in [1.54, 1.807) is 0 Å². The van der Waals surface area contributed by atoms with Crippen molar-refractivity contribution in [3.63, 3.8) is 0 Å². The predicted molar refractivity (Wildman–Crippen MR) is 37.6 cm³/mol. The second kappa shape index (κ2) is 2.40. The Morgan fingerprint density at radius 3 is 2.67 bits per heavy atom. The summed E-state index contributed by atoms with van der Waals surface area (Å²) in [5.41, 5.74) is 0. The van der Waals surface area contributed by atoms with E-state index in [1.165, 1.54) is 0 Å². The highest BCUT2D eigenvalue weighted by molar-refractivity contribution is 6.29. The maximum atomic E-state index is 5.61. The standard InChI is InChI=1S/C6H9ClN2/c1-3-9-4-6(7)8-5(9)2/h4H,3H2,1-2H3. The van der Waals surface area contributed by atoms with Crippen molar-refractivity contribution in [3.8, 4) is 0 Å². The summed E-state index contributed by atoms with van der Waals surface area (Å²) in [5.74, 6) is 0.975. The molecule has 2 nitrogen and oxygen atoms in total. The van der Waals surface area contributed by atoms with Crippen LogP contribution in [0.15, 0.2) is 6.20 Å². The summed E-state index contributed by atoms with van der Waals surface area (Å²) >= 11 is 5.61.